The van der Waals surface area contributed by atoms with Crippen LogP contribution in [0.5, 0.6) is 0 Å². The largest absolute Gasteiger partial charge is 0.399 e. The molecule has 80 valence electrons. The summed E-state index contributed by atoms with van der Waals surface area (Å²) in [5, 5.41) is 4.35. The second-order valence-electron chi connectivity index (χ2n) is 3.53. The topological polar surface area (TPSA) is 72.2 Å². The monoisotopic (exact) mass is 224 g/mol. The van der Waals surface area contributed by atoms with E-state index in [4.69, 9.17) is 5.73 Å². The highest BCUT2D eigenvalue weighted by Gasteiger charge is 2.20. The van der Waals surface area contributed by atoms with E-state index in [2.05, 4.69) is 5.32 Å². The van der Waals surface area contributed by atoms with E-state index < -0.39 is 9.84 Å². The lowest BCUT2D eigenvalue weighted by atomic mass is 10.2. The van der Waals surface area contributed by atoms with Crippen LogP contribution in [0.4, 0.5) is 11.4 Å². The summed E-state index contributed by atoms with van der Waals surface area (Å²) in [5.74, 6) is 0.122. The molecule has 1 aliphatic heterocycles. The summed E-state index contributed by atoms with van der Waals surface area (Å²) in [4.78, 5) is 0. The Balaban J connectivity index is 2.05. The van der Waals surface area contributed by atoms with Gasteiger partial charge < -0.3 is 11.1 Å². The number of rotatable bonds is 2. The van der Waals surface area contributed by atoms with Crippen LogP contribution in [0.2, 0.25) is 0 Å². The second-order valence-corrected chi connectivity index (χ2v) is 5.46. The van der Waals surface area contributed by atoms with Gasteiger partial charge in [0.2, 0.25) is 0 Å². The SMILES string of the molecule is Nc1ccc(NC2C=CS(=O)(=O)C2)cc1. The number of nitrogen functional groups attached to an aromatic ring is 1. The Hall–Kier alpha value is -1.49. The normalized spacial score (nSPS) is 22.8. The zero-order valence-corrected chi connectivity index (χ0v) is 8.87. The fourth-order valence-electron chi connectivity index (χ4n) is 1.46. The molecule has 1 aromatic rings. The number of nitrogens with two attached hydrogens (primary N) is 1. The zero-order chi connectivity index (χ0) is 10.9. The van der Waals surface area contributed by atoms with Gasteiger partial charge in [0, 0.05) is 16.8 Å². The van der Waals surface area contributed by atoms with Crippen LogP contribution in [-0.4, -0.2) is 20.2 Å². The van der Waals surface area contributed by atoms with Crippen molar-refractivity contribution in [3.63, 3.8) is 0 Å². The minimum Gasteiger partial charge on any atom is -0.399 e. The molecule has 0 amide bonds. The molecule has 3 N–H and O–H groups in total. The van der Waals surface area contributed by atoms with Gasteiger partial charge in [-0.2, -0.15) is 0 Å². The van der Waals surface area contributed by atoms with Crippen molar-refractivity contribution in [1.29, 1.82) is 0 Å². The highest BCUT2D eigenvalue weighted by atomic mass is 32.2. The Morgan fingerprint density at radius 1 is 1.27 bits per heavy atom. The van der Waals surface area contributed by atoms with E-state index in [1.54, 1.807) is 18.2 Å². The number of anilines is 2. The minimum absolute atomic E-state index is 0.122. The van der Waals surface area contributed by atoms with Crippen LogP contribution in [0.25, 0.3) is 0 Å². The quantitative estimate of drug-likeness (QED) is 0.735. The van der Waals surface area contributed by atoms with Gasteiger partial charge in [-0.3, -0.25) is 0 Å². The van der Waals surface area contributed by atoms with Crippen LogP contribution in [0.3, 0.4) is 0 Å². The predicted molar refractivity (Wildman–Crippen MR) is 61.2 cm³/mol. The van der Waals surface area contributed by atoms with Crippen molar-refractivity contribution in [3.05, 3.63) is 35.7 Å². The highest BCUT2D eigenvalue weighted by Crippen LogP contribution is 2.16. The summed E-state index contributed by atoms with van der Waals surface area (Å²) in [6.07, 6.45) is 1.66. The Morgan fingerprint density at radius 2 is 1.93 bits per heavy atom. The predicted octanol–water partition coefficient (Wildman–Crippen LogP) is 0.991. The van der Waals surface area contributed by atoms with Gasteiger partial charge in [0.25, 0.3) is 0 Å². The maximum atomic E-state index is 11.1. The van der Waals surface area contributed by atoms with E-state index in [-0.39, 0.29) is 11.8 Å². The van der Waals surface area contributed by atoms with Gasteiger partial charge in [-0.15, -0.1) is 0 Å². The second kappa shape index (κ2) is 3.58. The lowest BCUT2D eigenvalue weighted by Crippen LogP contribution is -2.20. The van der Waals surface area contributed by atoms with Crippen LogP contribution in [-0.2, 0) is 9.84 Å². The van der Waals surface area contributed by atoms with Crippen molar-refractivity contribution in [1.82, 2.24) is 0 Å². The van der Waals surface area contributed by atoms with Gasteiger partial charge in [-0.05, 0) is 24.3 Å². The molecule has 0 saturated carbocycles. The summed E-state index contributed by atoms with van der Waals surface area (Å²) < 4.78 is 22.3. The van der Waals surface area contributed by atoms with Crippen LogP contribution in [0.15, 0.2) is 35.7 Å². The third kappa shape index (κ3) is 2.50. The fraction of sp³-hybridized carbons (Fsp3) is 0.200. The maximum Gasteiger partial charge on any atom is 0.173 e. The van der Waals surface area contributed by atoms with Gasteiger partial charge in [-0.1, -0.05) is 6.08 Å². The maximum absolute atomic E-state index is 11.1. The lowest BCUT2D eigenvalue weighted by Gasteiger charge is -2.11. The van der Waals surface area contributed by atoms with Crippen LogP contribution in [0, 0.1) is 0 Å². The molecule has 1 unspecified atom stereocenters. The van der Waals surface area contributed by atoms with Crippen molar-refractivity contribution in [2.75, 3.05) is 16.8 Å². The molecule has 1 aliphatic rings. The van der Waals surface area contributed by atoms with Crippen molar-refractivity contribution >= 4 is 21.2 Å². The molecule has 0 spiro atoms. The molecule has 0 saturated heterocycles. The Kier molecular flexibility index (Phi) is 2.40. The minimum atomic E-state index is -2.99. The summed E-state index contributed by atoms with van der Waals surface area (Å²) in [7, 11) is -2.99. The number of hydrogen-bond donors (Lipinski definition) is 2. The number of hydrogen-bond acceptors (Lipinski definition) is 4. The highest BCUT2D eigenvalue weighted by molar-refractivity contribution is 7.94. The lowest BCUT2D eigenvalue weighted by molar-refractivity contribution is 0.605. The Morgan fingerprint density at radius 3 is 2.47 bits per heavy atom. The average Bonchev–Trinajstić information content (AvgIpc) is 2.50. The standard InChI is InChI=1S/C10H12N2O2S/c11-8-1-3-9(4-2-8)12-10-5-6-15(13,14)7-10/h1-6,10,12H,7,11H2. The van der Waals surface area contributed by atoms with E-state index in [0.29, 0.717) is 5.69 Å². The summed E-state index contributed by atoms with van der Waals surface area (Å²) >= 11 is 0. The van der Waals surface area contributed by atoms with E-state index >= 15 is 0 Å². The molecule has 0 radical (unpaired) electrons. The third-order valence-electron chi connectivity index (χ3n) is 2.19. The fourth-order valence-corrected chi connectivity index (χ4v) is 2.69. The van der Waals surface area contributed by atoms with Crippen molar-refractivity contribution in [3.8, 4) is 0 Å². The number of sulfone groups is 1. The average molecular weight is 224 g/mol. The molecule has 5 heteroatoms. The van der Waals surface area contributed by atoms with E-state index in [1.165, 1.54) is 5.41 Å². The molecule has 15 heavy (non-hydrogen) atoms. The molecule has 0 bridgehead atoms. The molecule has 0 aliphatic carbocycles. The molecule has 1 aromatic carbocycles. The summed E-state index contributed by atoms with van der Waals surface area (Å²) in [6, 6.07) is 7.06. The molecule has 1 atom stereocenters. The van der Waals surface area contributed by atoms with Crippen LogP contribution in [0.1, 0.15) is 0 Å². The van der Waals surface area contributed by atoms with Crippen molar-refractivity contribution in [2.24, 2.45) is 0 Å². The summed E-state index contributed by atoms with van der Waals surface area (Å²) in [5.41, 5.74) is 7.10. The molecular weight excluding hydrogens is 212 g/mol. The Labute approximate surface area is 88.7 Å². The van der Waals surface area contributed by atoms with Gasteiger partial charge in [0.1, 0.15) is 0 Å². The first-order valence-corrected chi connectivity index (χ1v) is 6.30. The number of nitrogens with one attached hydrogen (secondary N) is 1. The summed E-state index contributed by atoms with van der Waals surface area (Å²) in [6.45, 7) is 0. The smallest absolute Gasteiger partial charge is 0.173 e. The third-order valence-corrected chi connectivity index (χ3v) is 3.59. The van der Waals surface area contributed by atoms with Gasteiger partial charge >= 0.3 is 0 Å². The molecule has 0 fully saturated rings. The zero-order valence-electron chi connectivity index (χ0n) is 8.05. The van der Waals surface area contributed by atoms with Crippen molar-refractivity contribution in [2.45, 2.75) is 6.04 Å². The van der Waals surface area contributed by atoms with E-state index in [9.17, 15) is 8.42 Å². The van der Waals surface area contributed by atoms with E-state index in [1.807, 2.05) is 12.1 Å². The Bertz CT molecular complexity index is 477. The van der Waals surface area contributed by atoms with Crippen LogP contribution >= 0.6 is 0 Å². The van der Waals surface area contributed by atoms with Gasteiger partial charge in [0.05, 0.1) is 11.8 Å². The molecule has 0 aromatic heterocycles. The van der Waals surface area contributed by atoms with Gasteiger partial charge in [0.15, 0.2) is 9.84 Å². The number of benzene rings is 1. The van der Waals surface area contributed by atoms with Gasteiger partial charge in [-0.25, -0.2) is 8.42 Å². The van der Waals surface area contributed by atoms with Crippen molar-refractivity contribution < 1.29 is 8.42 Å². The first kappa shape index (κ1) is 10.0. The molecule has 1 heterocycles. The molecular formula is C10H12N2O2S. The van der Waals surface area contributed by atoms with Crippen LogP contribution < -0.4 is 11.1 Å². The molecule has 2 rings (SSSR count). The first-order chi connectivity index (χ1) is 7.05. The molecule has 4 nitrogen and oxygen atoms in total. The first-order valence-electron chi connectivity index (χ1n) is 4.58. The van der Waals surface area contributed by atoms with E-state index in [0.717, 1.165) is 5.69 Å².